The van der Waals surface area contributed by atoms with Crippen molar-refractivity contribution in [1.29, 1.82) is 0 Å². The van der Waals surface area contributed by atoms with Gasteiger partial charge in [0.1, 0.15) is 0 Å². The third kappa shape index (κ3) is 2.11. The van der Waals surface area contributed by atoms with E-state index < -0.39 is 0 Å². The fourth-order valence-electron chi connectivity index (χ4n) is 1.59. The van der Waals surface area contributed by atoms with Gasteiger partial charge in [0.15, 0.2) is 0 Å². The van der Waals surface area contributed by atoms with E-state index in [1.54, 1.807) is 0 Å². The van der Waals surface area contributed by atoms with Crippen LogP contribution in [-0.2, 0) is 6.67 Å². The predicted octanol–water partition coefficient (Wildman–Crippen LogP) is 2.09. The van der Waals surface area contributed by atoms with Crippen LogP contribution in [-0.4, -0.2) is 27.8 Å². The molecule has 1 aromatic heterocycles. The summed E-state index contributed by atoms with van der Waals surface area (Å²) in [6.07, 6.45) is 7.92. The molecule has 1 aliphatic carbocycles. The summed E-state index contributed by atoms with van der Waals surface area (Å²) in [7, 11) is 2.17. The minimum atomic E-state index is 0.781. The first-order valence-corrected chi connectivity index (χ1v) is 5.43. The molecule has 0 aromatic carbocycles. The number of halogens is 1. The normalized spacial score (nSPS) is 17.8. The number of rotatable bonds is 3. The summed E-state index contributed by atoms with van der Waals surface area (Å²) in [4.78, 5) is 2.36. The molecule has 1 saturated carbocycles. The van der Waals surface area contributed by atoms with Gasteiger partial charge in [0, 0.05) is 12.2 Å². The molecule has 0 saturated heterocycles. The minimum Gasteiger partial charge on any atom is -0.285 e. The molecule has 0 amide bonds. The summed E-state index contributed by atoms with van der Waals surface area (Å²) in [5.74, 6) is 0. The maximum atomic E-state index is 4.22. The van der Waals surface area contributed by atoms with E-state index >= 15 is 0 Å². The molecule has 0 unspecified atom stereocenters. The van der Waals surface area contributed by atoms with Gasteiger partial charge in [-0.2, -0.15) is 5.10 Å². The highest BCUT2D eigenvalue weighted by atomic mass is 79.9. The van der Waals surface area contributed by atoms with E-state index in [-0.39, 0.29) is 0 Å². The molecule has 0 aliphatic heterocycles. The molecule has 0 spiro atoms. The monoisotopic (exact) mass is 243 g/mol. The van der Waals surface area contributed by atoms with Crippen LogP contribution in [0.15, 0.2) is 16.9 Å². The van der Waals surface area contributed by atoms with Crippen LogP contribution in [0.2, 0.25) is 0 Å². The maximum absolute atomic E-state index is 4.22. The van der Waals surface area contributed by atoms with Crippen molar-refractivity contribution in [3.05, 3.63) is 16.9 Å². The molecule has 4 heteroatoms. The summed E-state index contributed by atoms with van der Waals surface area (Å²) in [6, 6.07) is 0.781. The van der Waals surface area contributed by atoms with Crippen molar-refractivity contribution in [2.75, 3.05) is 7.05 Å². The van der Waals surface area contributed by atoms with Crippen LogP contribution < -0.4 is 0 Å². The molecule has 0 bridgehead atoms. The predicted molar refractivity (Wildman–Crippen MR) is 55.3 cm³/mol. The van der Waals surface area contributed by atoms with Crippen LogP contribution in [0.1, 0.15) is 19.3 Å². The Kier molecular flexibility index (Phi) is 2.69. The molecule has 0 radical (unpaired) electrons. The Morgan fingerprint density at radius 3 is 2.92 bits per heavy atom. The number of aromatic nitrogens is 2. The molecule has 0 N–H and O–H groups in total. The van der Waals surface area contributed by atoms with E-state index in [4.69, 9.17) is 0 Å². The van der Waals surface area contributed by atoms with Crippen molar-refractivity contribution < 1.29 is 0 Å². The zero-order chi connectivity index (χ0) is 9.26. The van der Waals surface area contributed by atoms with Gasteiger partial charge in [0.2, 0.25) is 0 Å². The van der Waals surface area contributed by atoms with Crippen LogP contribution in [0.4, 0.5) is 0 Å². The van der Waals surface area contributed by atoms with Crippen LogP contribution >= 0.6 is 15.9 Å². The van der Waals surface area contributed by atoms with E-state index in [2.05, 4.69) is 33.0 Å². The molecular formula is C9H14BrN3. The quantitative estimate of drug-likeness (QED) is 0.811. The van der Waals surface area contributed by atoms with Crippen molar-refractivity contribution in [3.63, 3.8) is 0 Å². The van der Waals surface area contributed by atoms with Gasteiger partial charge in [0.05, 0.1) is 17.3 Å². The van der Waals surface area contributed by atoms with Crippen molar-refractivity contribution in [2.45, 2.75) is 32.0 Å². The lowest BCUT2D eigenvalue weighted by Gasteiger charge is -2.34. The fraction of sp³-hybridized carbons (Fsp3) is 0.667. The standard InChI is InChI=1S/C9H14BrN3/c1-12(9-3-2-4-9)7-13-6-8(10)5-11-13/h5-6,9H,2-4,7H2,1H3. The van der Waals surface area contributed by atoms with Gasteiger partial charge in [-0.05, 0) is 35.8 Å². The number of nitrogens with zero attached hydrogens (tertiary/aromatic N) is 3. The molecule has 0 atom stereocenters. The summed E-state index contributed by atoms with van der Waals surface area (Å²) in [5.41, 5.74) is 0. The zero-order valence-corrected chi connectivity index (χ0v) is 9.37. The van der Waals surface area contributed by atoms with Crippen LogP contribution in [0.25, 0.3) is 0 Å². The topological polar surface area (TPSA) is 21.1 Å². The molecule has 1 fully saturated rings. The van der Waals surface area contributed by atoms with E-state index in [9.17, 15) is 0 Å². The van der Waals surface area contributed by atoms with Gasteiger partial charge in [-0.3, -0.25) is 9.58 Å². The second-order valence-corrected chi connectivity index (χ2v) is 4.60. The van der Waals surface area contributed by atoms with E-state index in [0.29, 0.717) is 0 Å². The molecule has 1 heterocycles. The Hall–Kier alpha value is -0.350. The van der Waals surface area contributed by atoms with Crippen molar-refractivity contribution in [1.82, 2.24) is 14.7 Å². The zero-order valence-electron chi connectivity index (χ0n) is 7.78. The average molecular weight is 244 g/mol. The fourth-order valence-corrected chi connectivity index (χ4v) is 1.92. The van der Waals surface area contributed by atoms with Gasteiger partial charge in [-0.15, -0.1) is 0 Å². The van der Waals surface area contributed by atoms with Crippen LogP contribution in [0, 0.1) is 0 Å². The molecule has 2 rings (SSSR count). The van der Waals surface area contributed by atoms with E-state index in [1.165, 1.54) is 19.3 Å². The molecule has 1 aromatic rings. The Balaban J connectivity index is 1.89. The number of hydrogen-bond acceptors (Lipinski definition) is 2. The van der Waals surface area contributed by atoms with Gasteiger partial charge < -0.3 is 0 Å². The maximum Gasteiger partial charge on any atom is 0.0929 e. The van der Waals surface area contributed by atoms with Gasteiger partial charge in [-0.1, -0.05) is 6.42 Å². The highest BCUT2D eigenvalue weighted by molar-refractivity contribution is 9.10. The van der Waals surface area contributed by atoms with Crippen LogP contribution in [0.3, 0.4) is 0 Å². The lowest BCUT2D eigenvalue weighted by Crippen LogP contribution is -2.38. The lowest BCUT2D eigenvalue weighted by molar-refractivity contribution is 0.119. The second-order valence-electron chi connectivity index (χ2n) is 3.68. The highest BCUT2D eigenvalue weighted by Gasteiger charge is 2.21. The molecule has 72 valence electrons. The Morgan fingerprint density at radius 2 is 2.46 bits per heavy atom. The Morgan fingerprint density at radius 1 is 1.69 bits per heavy atom. The summed E-state index contributed by atoms with van der Waals surface area (Å²) in [5, 5.41) is 4.22. The smallest absolute Gasteiger partial charge is 0.0929 e. The van der Waals surface area contributed by atoms with Crippen molar-refractivity contribution >= 4 is 15.9 Å². The van der Waals surface area contributed by atoms with Crippen LogP contribution in [0.5, 0.6) is 0 Å². The lowest BCUT2D eigenvalue weighted by atomic mass is 9.92. The first-order chi connectivity index (χ1) is 6.25. The molecule has 13 heavy (non-hydrogen) atoms. The van der Waals surface area contributed by atoms with Crippen molar-refractivity contribution in [2.24, 2.45) is 0 Å². The molecule has 3 nitrogen and oxygen atoms in total. The molecular weight excluding hydrogens is 230 g/mol. The number of hydrogen-bond donors (Lipinski definition) is 0. The van der Waals surface area contributed by atoms with E-state index in [1.807, 2.05) is 17.1 Å². The van der Waals surface area contributed by atoms with Gasteiger partial charge in [-0.25, -0.2) is 0 Å². The van der Waals surface area contributed by atoms with Gasteiger partial charge in [0.25, 0.3) is 0 Å². The Bertz CT molecular complexity index is 280. The first-order valence-electron chi connectivity index (χ1n) is 4.64. The Labute approximate surface area is 86.8 Å². The van der Waals surface area contributed by atoms with Crippen molar-refractivity contribution in [3.8, 4) is 0 Å². The minimum absolute atomic E-state index is 0.781. The largest absolute Gasteiger partial charge is 0.285 e. The average Bonchev–Trinajstić information content (AvgIpc) is 2.31. The first kappa shape index (κ1) is 9.21. The second kappa shape index (κ2) is 3.80. The summed E-state index contributed by atoms with van der Waals surface area (Å²) >= 11 is 3.39. The third-order valence-corrected chi connectivity index (χ3v) is 3.08. The highest BCUT2D eigenvalue weighted by Crippen LogP contribution is 2.23. The van der Waals surface area contributed by atoms with E-state index in [0.717, 1.165) is 17.2 Å². The summed E-state index contributed by atoms with van der Waals surface area (Å²) in [6.45, 7) is 0.899. The molecule has 1 aliphatic rings. The van der Waals surface area contributed by atoms with Gasteiger partial charge >= 0.3 is 0 Å². The third-order valence-electron chi connectivity index (χ3n) is 2.67. The SMILES string of the molecule is CN(Cn1cc(Br)cn1)C1CCC1. The summed E-state index contributed by atoms with van der Waals surface area (Å²) < 4.78 is 3.01.